The molecular formula is C31H31FN4O4. The topological polar surface area (TPSA) is 129 Å². The van der Waals surface area contributed by atoms with Gasteiger partial charge in [0.05, 0.1) is 34.3 Å². The van der Waals surface area contributed by atoms with Crippen LogP contribution in [0.3, 0.4) is 0 Å². The summed E-state index contributed by atoms with van der Waals surface area (Å²) in [5.74, 6) is -1.58. The summed E-state index contributed by atoms with van der Waals surface area (Å²) in [6.07, 6.45) is 0.215. The molecule has 5 N–H and O–H groups in total. The second kappa shape index (κ2) is 9.16. The number of fused-ring (bicyclic) bond motifs is 4. The van der Waals surface area contributed by atoms with Crippen LogP contribution in [0.5, 0.6) is 0 Å². The third-order valence-corrected chi connectivity index (χ3v) is 8.41. The van der Waals surface area contributed by atoms with Gasteiger partial charge in [0.15, 0.2) is 0 Å². The van der Waals surface area contributed by atoms with Crippen LogP contribution in [0.4, 0.5) is 14.9 Å². The van der Waals surface area contributed by atoms with Gasteiger partial charge in [-0.05, 0) is 80.5 Å². The van der Waals surface area contributed by atoms with Gasteiger partial charge in [0.2, 0.25) is 5.91 Å². The number of rotatable bonds is 4. The third-order valence-electron chi connectivity index (χ3n) is 8.41. The Balaban J connectivity index is 1.53. The summed E-state index contributed by atoms with van der Waals surface area (Å²) in [7, 11) is 0. The fourth-order valence-corrected chi connectivity index (χ4v) is 6.29. The van der Waals surface area contributed by atoms with Gasteiger partial charge in [0.1, 0.15) is 6.17 Å². The molecule has 4 aromatic rings. The molecule has 4 amide bonds. The molecule has 1 saturated carbocycles. The Hall–Kier alpha value is -4.24. The molecule has 40 heavy (non-hydrogen) atoms. The van der Waals surface area contributed by atoms with Crippen LogP contribution in [0.15, 0.2) is 48.5 Å². The monoisotopic (exact) mass is 542 g/mol. The van der Waals surface area contributed by atoms with Gasteiger partial charge in [0.25, 0.3) is 5.91 Å². The minimum Gasteiger partial charge on any atom is -0.386 e. The number of primary amides is 1. The number of aromatic nitrogens is 1. The van der Waals surface area contributed by atoms with E-state index in [2.05, 4.69) is 10.3 Å². The van der Waals surface area contributed by atoms with E-state index in [0.717, 1.165) is 32.3 Å². The van der Waals surface area contributed by atoms with Crippen molar-refractivity contribution in [2.24, 2.45) is 11.7 Å². The predicted octanol–water partition coefficient (Wildman–Crippen LogP) is 5.19. The van der Waals surface area contributed by atoms with Gasteiger partial charge in [-0.2, -0.15) is 0 Å². The molecule has 0 bridgehead atoms. The number of hydrogen-bond acceptors (Lipinski definition) is 4. The number of amides is 4. The molecular weight excluding hydrogens is 511 g/mol. The molecule has 1 aliphatic heterocycles. The molecule has 2 aliphatic rings. The lowest BCUT2D eigenvalue weighted by molar-refractivity contribution is -0.125. The van der Waals surface area contributed by atoms with Gasteiger partial charge in [-0.15, -0.1) is 0 Å². The Bertz CT molecular complexity index is 1720. The van der Waals surface area contributed by atoms with E-state index in [-0.39, 0.29) is 0 Å². The largest absolute Gasteiger partial charge is 0.386 e. The number of nitrogens with zero attached hydrogens (tertiary/aromatic N) is 1. The van der Waals surface area contributed by atoms with Gasteiger partial charge < -0.3 is 21.1 Å². The number of aromatic amines is 1. The number of hydrogen-bond donors (Lipinski definition) is 4. The maximum atomic E-state index is 14.6. The molecule has 0 spiro atoms. The number of nitrogens with two attached hydrogens (primary N) is 1. The van der Waals surface area contributed by atoms with Crippen molar-refractivity contribution in [2.75, 3.05) is 4.90 Å². The summed E-state index contributed by atoms with van der Waals surface area (Å²) in [4.78, 5) is 43.5. The van der Waals surface area contributed by atoms with E-state index in [1.54, 1.807) is 32.0 Å². The highest BCUT2D eigenvalue weighted by molar-refractivity contribution is 6.21. The highest BCUT2D eigenvalue weighted by atomic mass is 19.1. The van der Waals surface area contributed by atoms with Crippen LogP contribution in [0.2, 0.25) is 0 Å². The van der Waals surface area contributed by atoms with Crippen molar-refractivity contribution in [3.8, 4) is 11.1 Å². The number of nitrogens with one attached hydrogen (secondary N) is 2. The van der Waals surface area contributed by atoms with Crippen molar-refractivity contribution in [3.05, 3.63) is 65.2 Å². The van der Waals surface area contributed by atoms with Crippen molar-refractivity contribution >= 4 is 45.3 Å². The first-order valence-corrected chi connectivity index (χ1v) is 13.5. The van der Waals surface area contributed by atoms with E-state index < -0.39 is 41.6 Å². The summed E-state index contributed by atoms with van der Waals surface area (Å²) < 4.78 is 14.6. The first kappa shape index (κ1) is 26.0. The molecule has 2 heterocycles. The number of imide groups is 1. The zero-order chi connectivity index (χ0) is 28.5. The number of benzene rings is 3. The number of carbonyl (C=O) groups excluding carboxylic acids is 3. The van der Waals surface area contributed by atoms with Crippen LogP contribution in [-0.4, -0.2) is 40.1 Å². The average Bonchev–Trinajstić information content (AvgIpc) is 3.28. The first-order chi connectivity index (χ1) is 19.0. The standard InChI is InChI=1S/C31H31FN4O4/c1-15-17(6-5-9-24(15)36-29(38)21-7-4-8-22(32)26(21)35-30(36)39)18-12-13-20(28(33)37)27-25(18)19-11-10-16(31(2,3)40)14-23(19)34-27/h5-6,9-14,21-22,26,34,40H,4,7-8H2,1-3H3,(H2,33,37)(H,35,39). The number of alkyl halides is 1. The molecule has 2 fully saturated rings. The molecule has 6 rings (SSSR count). The number of aliphatic hydroxyl groups is 1. The third kappa shape index (κ3) is 3.95. The van der Waals surface area contributed by atoms with Crippen LogP contribution >= 0.6 is 0 Å². The molecule has 0 radical (unpaired) electrons. The fourth-order valence-electron chi connectivity index (χ4n) is 6.29. The van der Waals surface area contributed by atoms with Crippen molar-refractivity contribution in [1.82, 2.24) is 10.3 Å². The van der Waals surface area contributed by atoms with Gasteiger partial charge in [-0.3, -0.25) is 9.59 Å². The van der Waals surface area contributed by atoms with Crippen molar-refractivity contribution in [2.45, 2.75) is 57.8 Å². The number of H-pyrrole nitrogens is 1. The van der Waals surface area contributed by atoms with Gasteiger partial charge >= 0.3 is 6.03 Å². The molecule has 1 aromatic heterocycles. The smallest absolute Gasteiger partial charge is 0.329 e. The Labute approximate surface area is 230 Å². The lowest BCUT2D eigenvalue weighted by atomic mass is 9.81. The minimum atomic E-state index is -1.24. The molecule has 1 saturated heterocycles. The number of anilines is 1. The second-order valence-corrected chi connectivity index (χ2v) is 11.4. The van der Waals surface area contributed by atoms with E-state index in [9.17, 15) is 23.9 Å². The van der Waals surface area contributed by atoms with E-state index >= 15 is 0 Å². The maximum absolute atomic E-state index is 14.6. The summed E-state index contributed by atoms with van der Waals surface area (Å²) in [5.41, 5.74) is 9.64. The summed E-state index contributed by atoms with van der Waals surface area (Å²) in [6, 6.07) is 13.0. The molecule has 3 unspecified atom stereocenters. The van der Waals surface area contributed by atoms with Crippen molar-refractivity contribution < 1.29 is 23.9 Å². The quantitative estimate of drug-likeness (QED) is 0.283. The Morgan fingerprint density at radius 3 is 2.60 bits per heavy atom. The SMILES string of the molecule is Cc1c(-c2ccc(C(N)=O)c3[nH]c4cc(C(C)(C)O)ccc4c23)cccc1N1C(=O)NC2C(F)CCCC2C1=O. The van der Waals surface area contributed by atoms with Crippen molar-refractivity contribution in [1.29, 1.82) is 0 Å². The van der Waals surface area contributed by atoms with Crippen LogP contribution < -0.4 is 16.0 Å². The summed E-state index contributed by atoms with van der Waals surface area (Å²) >= 11 is 0. The van der Waals surface area contributed by atoms with E-state index in [1.165, 1.54) is 0 Å². The van der Waals surface area contributed by atoms with E-state index in [1.807, 2.05) is 37.3 Å². The first-order valence-electron chi connectivity index (χ1n) is 13.5. The zero-order valence-corrected chi connectivity index (χ0v) is 22.5. The average molecular weight is 543 g/mol. The molecule has 206 valence electrons. The maximum Gasteiger partial charge on any atom is 0.329 e. The van der Waals surface area contributed by atoms with Crippen LogP contribution in [0.1, 0.15) is 54.6 Å². The number of urea groups is 1. The Kier molecular flexibility index (Phi) is 5.96. The van der Waals surface area contributed by atoms with Gasteiger partial charge in [0, 0.05) is 16.3 Å². The van der Waals surface area contributed by atoms with E-state index in [0.29, 0.717) is 47.2 Å². The lowest BCUT2D eigenvalue weighted by Crippen LogP contribution is -2.64. The zero-order valence-electron chi connectivity index (χ0n) is 22.5. The Morgan fingerprint density at radius 1 is 1.10 bits per heavy atom. The van der Waals surface area contributed by atoms with Crippen LogP contribution in [0.25, 0.3) is 32.9 Å². The summed E-state index contributed by atoms with van der Waals surface area (Å²) in [6.45, 7) is 5.24. The lowest BCUT2D eigenvalue weighted by Gasteiger charge is -2.41. The minimum absolute atomic E-state index is 0.322. The highest BCUT2D eigenvalue weighted by Gasteiger charge is 2.47. The van der Waals surface area contributed by atoms with Crippen LogP contribution in [-0.2, 0) is 10.4 Å². The van der Waals surface area contributed by atoms with E-state index in [4.69, 9.17) is 5.73 Å². The second-order valence-electron chi connectivity index (χ2n) is 11.4. The number of carbonyl (C=O) groups is 3. The normalized spacial score (nSPS) is 21.5. The highest BCUT2D eigenvalue weighted by Crippen LogP contribution is 2.42. The molecule has 3 atom stereocenters. The molecule has 8 nitrogen and oxygen atoms in total. The summed E-state index contributed by atoms with van der Waals surface area (Å²) in [5, 5.41) is 14.9. The predicted molar refractivity (Wildman–Crippen MR) is 152 cm³/mol. The Morgan fingerprint density at radius 2 is 1.88 bits per heavy atom. The molecule has 1 aliphatic carbocycles. The van der Waals surface area contributed by atoms with Gasteiger partial charge in [-0.25, -0.2) is 14.1 Å². The fraction of sp³-hybridized carbons (Fsp3) is 0.323. The van der Waals surface area contributed by atoms with Gasteiger partial charge in [-0.1, -0.05) is 30.3 Å². The van der Waals surface area contributed by atoms with Crippen LogP contribution in [0, 0.1) is 12.8 Å². The molecule has 3 aromatic carbocycles. The molecule has 9 heteroatoms. The number of halogens is 1. The van der Waals surface area contributed by atoms with Crippen molar-refractivity contribution in [3.63, 3.8) is 0 Å².